The average Bonchev–Trinajstić information content (AvgIpc) is 3.42. The van der Waals surface area contributed by atoms with Gasteiger partial charge in [0.2, 0.25) is 11.1 Å². The minimum Gasteiger partial charge on any atom is -1.00 e. The Morgan fingerprint density at radius 1 is 1.22 bits per heavy atom. The van der Waals surface area contributed by atoms with Crippen LogP contribution in [0.5, 0.6) is 0 Å². The number of para-hydroxylation sites is 1. The molecule has 0 amide bonds. The second-order valence-electron chi connectivity index (χ2n) is 7.16. The molecule has 1 aliphatic heterocycles. The number of hydrogen-bond donors (Lipinski definition) is 0. The van der Waals surface area contributed by atoms with Crippen molar-refractivity contribution in [3.05, 3.63) is 72.1 Å². The van der Waals surface area contributed by atoms with Crippen molar-refractivity contribution in [1.82, 2.24) is 9.55 Å². The van der Waals surface area contributed by atoms with Crippen molar-refractivity contribution in [1.29, 1.82) is 0 Å². The van der Waals surface area contributed by atoms with E-state index in [4.69, 9.17) is 4.42 Å². The first-order chi connectivity index (χ1) is 15.0. The normalized spacial score (nSPS) is 14.7. The molecule has 0 bridgehead atoms. The van der Waals surface area contributed by atoms with Crippen molar-refractivity contribution in [3.63, 3.8) is 0 Å². The fourth-order valence-corrected chi connectivity index (χ4v) is 5.77. The van der Waals surface area contributed by atoms with E-state index in [2.05, 4.69) is 34.8 Å². The van der Waals surface area contributed by atoms with E-state index >= 15 is 0 Å². The summed E-state index contributed by atoms with van der Waals surface area (Å²) < 4.78 is 12.6. The number of halogens is 1. The predicted octanol–water partition coefficient (Wildman–Crippen LogP) is -2.21. The Hall–Kier alpha value is -2.94. The van der Waals surface area contributed by atoms with Gasteiger partial charge >= 0.3 is 0 Å². The van der Waals surface area contributed by atoms with Crippen molar-refractivity contribution < 1.29 is 21.4 Å². The summed E-state index contributed by atoms with van der Waals surface area (Å²) in [5.41, 5.74) is 2.38. The predicted molar refractivity (Wildman–Crippen MR) is 127 cm³/mol. The van der Waals surface area contributed by atoms with E-state index in [0.717, 1.165) is 15.5 Å². The first-order valence-corrected chi connectivity index (χ1v) is 11.6. The highest BCUT2D eigenvalue weighted by Gasteiger charge is 2.15. The monoisotopic (exact) mass is 484 g/mol. The number of aryl methyl sites for hydroxylation is 1. The molecule has 0 unspecified atom stereocenters. The number of nitrogens with zero attached hydrogens (tertiary/aromatic N) is 4. The lowest BCUT2D eigenvalue weighted by atomic mass is 10.3. The molecule has 4 heterocycles. The summed E-state index contributed by atoms with van der Waals surface area (Å²) in [5, 5.41) is 1.10. The van der Waals surface area contributed by atoms with Crippen LogP contribution < -0.4 is 47.6 Å². The molecule has 0 saturated carbocycles. The van der Waals surface area contributed by atoms with Gasteiger partial charge in [-0.25, -0.2) is 0 Å². The van der Waals surface area contributed by atoms with Crippen LogP contribution in [0.2, 0.25) is 0 Å². The van der Waals surface area contributed by atoms with E-state index in [-0.39, 0.29) is 18.0 Å². The second-order valence-corrected chi connectivity index (χ2v) is 9.28. The molecule has 6 nitrogen and oxygen atoms in total. The topological polar surface area (TPSA) is 55.2 Å². The Morgan fingerprint density at radius 3 is 2.78 bits per heavy atom. The number of thiazole rings is 2. The lowest BCUT2D eigenvalue weighted by Gasteiger charge is -2.10. The zero-order chi connectivity index (χ0) is 21.5. The SMILES string of the molecule is CCn1c(=O)/c(=C/C=c2\nc3c(o2)=CC=CN3C)s/c1=C\c1sc2ccccc2[n+]1C.[Cl-]. The Labute approximate surface area is 198 Å². The minimum absolute atomic E-state index is 0. The molecule has 0 saturated heterocycles. The van der Waals surface area contributed by atoms with Crippen LogP contribution in [0, 0.1) is 0 Å². The quantitative estimate of drug-likeness (QED) is 0.310. The number of oxazole rings is 1. The third-order valence-corrected chi connectivity index (χ3v) is 7.44. The summed E-state index contributed by atoms with van der Waals surface area (Å²) in [7, 11) is 3.98. The maximum absolute atomic E-state index is 13.0. The third kappa shape index (κ3) is 3.85. The molecule has 5 rings (SSSR count). The summed E-state index contributed by atoms with van der Waals surface area (Å²) in [6.07, 6.45) is 11.4. The molecule has 0 N–H and O–H groups in total. The molecule has 164 valence electrons. The molecule has 0 atom stereocenters. The standard InChI is InChI=1S/C23H21N4O2S2.ClH/c1-4-27-21(14-20-26(3)15-8-5-6-10-17(15)30-20)31-18(23(27)28)11-12-19-24-22-16(29-19)9-7-13-25(22)2;/h5-14H,4H2,1-3H3;1H/q+1;/p-1/b18-11-,19-12+;. The zero-order valence-electron chi connectivity index (χ0n) is 17.8. The van der Waals surface area contributed by atoms with Crippen LogP contribution in [-0.2, 0) is 13.6 Å². The van der Waals surface area contributed by atoms with Crippen LogP contribution in [0.3, 0.4) is 0 Å². The Bertz CT molecular complexity index is 1640. The first-order valence-electron chi connectivity index (χ1n) is 9.94. The maximum atomic E-state index is 13.0. The molecule has 32 heavy (non-hydrogen) atoms. The van der Waals surface area contributed by atoms with Crippen LogP contribution in [0.1, 0.15) is 11.9 Å². The van der Waals surface area contributed by atoms with Crippen LogP contribution in [0.15, 0.2) is 45.8 Å². The largest absolute Gasteiger partial charge is 1.00 e. The van der Waals surface area contributed by atoms with Crippen molar-refractivity contribution >= 4 is 63.0 Å². The number of hydrogen-bond acceptors (Lipinski definition) is 6. The van der Waals surface area contributed by atoms with Gasteiger partial charge in [-0.05, 0) is 31.2 Å². The summed E-state index contributed by atoms with van der Waals surface area (Å²) in [5.74, 6) is 0.769. The van der Waals surface area contributed by atoms with Gasteiger partial charge in [0.15, 0.2) is 11.2 Å². The molecule has 0 fully saturated rings. The van der Waals surface area contributed by atoms with Gasteiger partial charge in [-0.15, -0.1) is 11.3 Å². The van der Waals surface area contributed by atoms with Crippen LogP contribution >= 0.6 is 22.7 Å². The number of anilines is 1. The number of fused-ring (bicyclic) bond motifs is 2. The minimum atomic E-state index is 0. The highest BCUT2D eigenvalue weighted by molar-refractivity contribution is 7.19. The number of rotatable bonds is 3. The van der Waals surface area contributed by atoms with Crippen molar-refractivity contribution in [2.45, 2.75) is 13.5 Å². The molecule has 0 radical (unpaired) electrons. The first kappa shape index (κ1) is 22.3. The molecule has 9 heteroatoms. The van der Waals surface area contributed by atoms with Gasteiger partial charge in [-0.3, -0.25) is 9.36 Å². The molecular formula is C23H21ClN4O2S2. The van der Waals surface area contributed by atoms with Gasteiger partial charge in [-0.2, -0.15) is 9.55 Å². The van der Waals surface area contributed by atoms with Gasteiger partial charge in [0.1, 0.15) is 16.4 Å². The number of allylic oxidation sites excluding steroid dienone is 1. The summed E-state index contributed by atoms with van der Waals surface area (Å²) >= 11 is 3.20. The highest BCUT2D eigenvalue weighted by Crippen LogP contribution is 2.19. The fraction of sp³-hybridized carbons (Fsp3) is 0.174. The molecule has 4 aromatic rings. The molecule has 3 aromatic heterocycles. The van der Waals surface area contributed by atoms with E-state index < -0.39 is 0 Å². The van der Waals surface area contributed by atoms with E-state index in [1.54, 1.807) is 28.1 Å². The molecule has 0 aliphatic carbocycles. The third-order valence-electron chi connectivity index (χ3n) is 5.19. The Morgan fingerprint density at radius 2 is 2.03 bits per heavy atom. The van der Waals surface area contributed by atoms with Gasteiger partial charge in [0.25, 0.3) is 10.6 Å². The summed E-state index contributed by atoms with van der Waals surface area (Å²) in [4.78, 5) is 19.4. The van der Waals surface area contributed by atoms with E-state index in [9.17, 15) is 4.79 Å². The van der Waals surface area contributed by atoms with Crippen LogP contribution in [0.25, 0.3) is 34.5 Å². The highest BCUT2D eigenvalue weighted by atomic mass is 35.5. The van der Waals surface area contributed by atoms with Crippen LogP contribution in [0.4, 0.5) is 5.82 Å². The van der Waals surface area contributed by atoms with Crippen molar-refractivity contribution in [2.24, 2.45) is 7.05 Å². The fourth-order valence-electron chi connectivity index (χ4n) is 3.56. The number of aromatic nitrogens is 3. The zero-order valence-corrected chi connectivity index (χ0v) is 20.2. The smallest absolute Gasteiger partial charge is 0.269 e. The van der Waals surface area contributed by atoms with Gasteiger partial charge in [0.05, 0.1) is 10.6 Å². The molecule has 0 spiro atoms. The molecular weight excluding hydrogens is 464 g/mol. The lowest BCUT2D eigenvalue weighted by molar-refractivity contribution is -0.642. The second kappa shape index (κ2) is 8.90. The summed E-state index contributed by atoms with van der Waals surface area (Å²) in [6, 6.07) is 8.32. The van der Waals surface area contributed by atoms with Crippen molar-refractivity contribution in [2.75, 3.05) is 11.9 Å². The van der Waals surface area contributed by atoms with Gasteiger partial charge in [0, 0.05) is 31.9 Å². The Kier molecular flexibility index (Phi) is 6.19. The number of benzene rings is 1. The van der Waals surface area contributed by atoms with Crippen molar-refractivity contribution in [3.8, 4) is 0 Å². The Balaban J connectivity index is 0.00000245. The average molecular weight is 485 g/mol. The van der Waals surface area contributed by atoms with E-state index in [0.29, 0.717) is 22.0 Å². The van der Waals surface area contributed by atoms with E-state index in [1.807, 2.05) is 49.4 Å². The van der Waals surface area contributed by atoms with Crippen LogP contribution in [-0.4, -0.2) is 16.6 Å². The molecule has 1 aliphatic rings. The van der Waals surface area contributed by atoms with Gasteiger partial charge < -0.3 is 21.7 Å². The van der Waals surface area contributed by atoms with Gasteiger partial charge in [-0.1, -0.05) is 23.5 Å². The summed E-state index contributed by atoms with van der Waals surface area (Å²) in [6.45, 7) is 2.60. The maximum Gasteiger partial charge on any atom is 0.269 e. The van der Waals surface area contributed by atoms with E-state index in [1.165, 1.54) is 21.6 Å². The lowest BCUT2D eigenvalue weighted by Crippen LogP contribution is -3.00. The molecule has 1 aromatic carbocycles.